The van der Waals surface area contributed by atoms with Crippen LogP contribution in [-0.2, 0) is 23.1 Å². The second-order valence-electron chi connectivity index (χ2n) is 14.4. The van der Waals surface area contributed by atoms with E-state index in [1.54, 1.807) is 29.9 Å². The maximum Gasteiger partial charge on any atom is 0.408 e. The number of nitrogens with one attached hydrogen (secondary N) is 3. The molecule has 2 unspecified atom stereocenters. The van der Waals surface area contributed by atoms with Gasteiger partial charge in [0.05, 0.1) is 30.0 Å². The first kappa shape index (κ1) is 38.6. The van der Waals surface area contributed by atoms with Crippen LogP contribution in [0.25, 0.3) is 10.9 Å². The molecule has 14 nitrogen and oxygen atoms in total. The number of ether oxygens (including phenoxy) is 3. The molecule has 3 saturated heterocycles. The van der Waals surface area contributed by atoms with E-state index in [-0.39, 0.29) is 48.4 Å². The molecular weight excluding hydrogens is 716 g/mol. The molecule has 8 rings (SSSR count). The number of hydrogen-bond donors (Lipinski definition) is 5. The number of aliphatic hydroxyl groups is 1. The Kier molecular flexibility index (Phi) is 12.3. The number of aryl methyl sites for hydroxylation is 1. The van der Waals surface area contributed by atoms with E-state index in [0.29, 0.717) is 47.7 Å². The van der Waals surface area contributed by atoms with Crippen LogP contribution in [0.5, 0.6) is 11.5 Å². The highest BCUT2D eigenvalue weighted by atomic mass is 16.6. The number of alkyl carbamates (subject to hydrolysis) is 1. The molecule has 0 radical (unpaired) electrons. The fourth-order valence-corrected chi connectivity index (χ4v) is 7.51. The average molecular weight is 765 g/mol. The first-order chi connectivity index (χ1) is 27.2. The summed E-state index contributed by atoms with van der Waals surface area (Å²) >= 11 is 0. The standard InChI is InChI=1S/C42H48N6O8/c1-47-30(23-34(46-47)41(52)54-21-6-5-18-43-24-36(50)32-12-14-35(49)40-33(32)13-15-38(51)44-40)26-55-31-11-7-10-29(22-31)39(28-8-3-2-4-9-28)45-42(53)56-37-25-48-19-16-27(37)17-20-48/h2-4,7-15,22-23,27,36-37,39,43,49-50H,5-6,16-21,24-26H2,1H3,(H,44,51)(H,45,53)/t36?,37-,39?/m0/s1. The summed E-state index contributed by atoms with van der Waals surface area (Å²) in [7, 11) is 1.74. The summed E-state index contributed by atoms with van der Waals surface area (Å²) in [5.41, 5.74) is 3.15. The van der Waals surface area contributed by atoms with Crippen LogP contribution in [0.2, 0.25) is 0 Å². The Morgan fingerprint density at radius 1 is 0.982 bits per heavy atom. The first-order valence-electron chi connectivity index (χ1n) is 19.1. The van der Waals surface area contributed by atoms with Crippen molar-refractivity contribution in [2.45, 2.75) is 50.5 Å². The number of aromatic amines is 1. The van der Waals surface area contributed by atoms with Gasteiger partial charge >= 0.3 is 12.1 Å². The Morgan fingerprint density at radius 3 is 2.57 bits per heavy atom. The molecular formula is C42H48N6O8. The largest absolute Gasteiger partial charge is 0.506 e. The van der Waals surface area contributed by atoms with Crippen LogP contribution in [-0.4, -0.2) is 87.4 Å². The van der Waals surface area contributed by atoms with Gasteiger partial charge in [-0.15, -0.1) is 0 Å². The lowest BCUT2D eigenvalue weighted by molar-refractivity contribution is -0.0336. The van der Waals surface area contributed by atoms with Crippen LogP contribution in [0.1, 0.15) is 70.7 Å². The molecule has 3 aromatic carbocycles. The van der Waals surface area contributed by atoms with Gasteiger partial charge in [0.2, 0.25) is 5.56 Å². The van der Waals surface area contributed by atoms with Crippen molar-refractivity contribution in [3.05, 3.63) is 123 Å². The zero-order chi connectivity index (χ0) is 39.0. The van der Waals surface area contributed by atoms with Gasteiger partial charge in [0.25, 0.3) is 0 Å². The van der Waals surface area contributed by atoms with Gasteiger partial charge in [-0.25, -0.2) is 9.59 Å². The van der Waals surface area contributed by atoms with Gasteiger partial charge in [-0.05, 0) is 98.3 Å². The van der Waals surface area contributed by atoms with E-state index in [2.05, 4.69) is 25.6 Å². The van der Waals surface area contributed by atoms with E-state index in [1.807, 2.05) is 54.6 Å². The van der Waals surface area contributed by atoms with Crippen molar-refractivity contribution in [1.82, 2.24) is 30.3 Å². The van der Waals surface area contributed by atoms with E-state index < -0.39 is 24.2 Å². The van der Waals surface area contributed by atoms with Crippen molar-refractivity contribution in [3.63, 3.8) is 0 Å². The molecule has 0 spiro atoms. The highest BCUT2D eigenvalue weighted by molar-refractivity contribution is 5.88. The number of unbranched alkanes of at least 4 members (excludes halogenated alkanes) is 1. The topological polar surface area (TPSA) is 180 Å². The molecule has 56 heavy (non-hydrogen) atoms. The number of esters is 1. The summed E-state index contributed by atoms with van der Waals surface area (Å²) in [6.07, 6.45) is 2.02. The molecule has 3 aliphatic rings. The number of fused-ring (bicyclic) bond motifs is 4. The number of rotatable bonds is 16. The number of H-pyrrole nitrogens is 1. The molecule has 2 bridgehead atoms. The molecule has 5 heterocycles. The fourth-order valence-electron chi connectivity index (χ4n) is 7.51. The lowest BCUT2D eigenvalue weighted by atomic mass is 9.86. The first-order valence-corrected chi connectivity index (χ1v) is 19.1. The van der Waals surface area contributed by atoms with Gasteiger partial charge in [-0.1, -0.05) is 48.5 Å². The Bertz CT molecular complexity index is 2180. The molecule has 5 N–H and O–H groups in total. The van der Waals surface area contributed by atoms with Crippen LogP contribution in [0.4, 0.5) is 4.79 Å². The van der Waals surface area contributed by atoms with E-state index in [1.165, 1.54) is 12.1 Å². The van der Waals surface area contributed by atoms with Crippen LogP contribution in [0, 0.1) is 5.92 Å². The molecule has 14 heteroatoms. The number of phenolic OH excluding ortho intramolecular Hbond substituents is 1. The molecule has 1 amide bonds. The number of carbonyl (C=O) groups is 2. The number of nitrogens with zero attached hydrogens (tertiary/aromatic N) is 3. The van der Waals surface area contributed by atoms with Gasteiger partial charge < -0.3 is 40.0 Å². The molecule has 3 aliphatic heterocycles. The number of aliphatic hydroxyl groups excluding tert-OH is 1. The summed E-state index contributed by atoms with van der Waals surface area (Å²) in [6, 6.07) is 24.5. The van der Waals surface area contributed by atoms with Crippen LogP contribution in [0.15, 0.2) is 89.7 Å². The fraction of sp³-hybridized carbons (Fsp3) is 0.381. The summed E-state index contributed by atoms with van der Waals surface area (Å²) < 4.78 is 19.2. The maximum absolute atomic E-state index is 13.2. The van der Waals surface area contributed by atoms with Gasteiger partial charge in [0, 0.05) is 31.6 Å². The van der Waals surface area contributed by atoms with Crippen molar-refractivity contribution >= 4 is 23.0 Å². The van der Waals surface area contributed by atoms with Gasteiger partial charge in [0.15, 0.2) is 5.69 Å². The van der Waals surface area contributed by atoms with Gasteiger partial charge in [0.1, 0.15) is 24.2 Å². The number of hydrogen-bond acceptors (Lipinski definition) is 11. The number of pyridine rings is 1. The Hall–Kier alpha value is -5.70. The van der Waals surface area contributed by atoms with E-state index >= 15 is 0 Å². The van der Waals surface area contributed by atoms with E-state index in [4.69, 9.17) is 14.2 Å². The average Bonchev–Trinajstić information content (AvgIpc) is 3.60. The molecule has 0 saturated carbocycles. The summed E-state index contributed by atoms with van der Waals surface area (Å²) in [4.78, 5) is 42.7. The number of benzene rings is 3. The lowest BCUT2D eigenvalue weighted by Crippen LogP contribution is -2.52. The van der Waals surface area contributed by atoms with E-state index in [0.717, 1.165) is 43.6 Å². The second-order valence-corrected chi connectivity index (χ2v) is 14.4. The third kappa shape index (κ3) is 9.39. The highest BCUT2D eigenvalue weighted by Crippen LogP contribution is 2.31. The smallest absolute Gasteiger partial charge is 0.408 e. The third-order valence-electron chi connectivity index (χ3n) is 10.6. The van der Waals surface area contributed by atoms with Gasteiger partial charge in [-0.3, -0.25) is 14.4 Å². The predicted octanol–water partition coefficient (Wildman–Crippen LogP) is 4.72. The molecule has 3 atom stereocenters. The number of aromatic hydroxyl groups is 1. The monoisotopic (exact) mass is 764 g/mol. The zero-order valence-corrected chi connectivity index (χ0v) is 31.4. The molecule has 294 valence electrons. The second kappa shape index (κ2) is 17.8. The quantitative estimate of drug-likeness (QED) is 0.0694. The maximum atomic E-state index is 13.2. The van der Waals surface area contributed by atoms with Crippen molar-refractivity contribution in [2.75, 3.05) is 39.3 Å². The minimum Gasteiger partial charge on any atom is -0.506 e. The lowest BCUT2D eigenvalue weighted by Gasteiger charge is -2.43. The Balaban J connectivity index is 0.867. The summed E-state index contributed by atoms with van der Waals surface area (Å²) in [5, 5.41) is 32.0. The summed E-state index contributed by atoms with van der Waals surface area (Å²) in [5.74, 6) is 0.409. The molecule has 2 aromatic heterocycles. The van der Waals surface area contributed by atoms with Crippen molar-refractivity contribution in [3.8, 4) is 11.5 Å². The number of phenols is 1. The zero-order valence-electron chi connectivity index (χ0n) is 31.4. The third-order valence-corrected chi connectivity index (χ3v) is 10.6. The highest BCUT2D eigenvalue weighted by Gasteiger charge is 2.37. The SMILES string of the molecule is Cn1nc(C(=O)OCCCCNCC(O)c2ccc(O)c3[nH]c(=O)ccc23)cc1COc1cccc(C(NC(=O)O[C@H]2CN3CCC2CC3)c2ccccc2)c1. The predicted molar refractivity (Wildman–Crippen MR) is 208 cm³/mol. The van der Waals surface area contributed by atoms with Crippen molar-refractivity contribution in [1.29, 1.82) is 0 Å². The van der Waals surface area contributed by atoms with Crippen LogP contribution >= 0.6 is 0 Å². The normalized spacial score (nSPS) is 18.6. The minimum absolute atomic E-state index is 0.0603. The van der Waals surface area contributed by atoms with Crippen molar-refractivity contribution in [2.24, 2.45) is 13.0 Å². The summed E-state index contributed by atoms with van der Waals surface area (Å²) in [6.45, 7) is 4.13. The minimum atomic E-state index is -0.855. The number of aromatic nitrogens is 3. The van der Waals surface area contributed by atoms with Crippen LogP contribution in [0.3, 0.4) is 0 Å². The van der Waals surface area contributed by atoms with Crippen LogP contribution < -0.4 is 20.9 Å². The number of carbonyl (C=O) groups excluding carboxylic acids is 2. The van der Waals surface area contributed by atoms with Gasteiger partial charge in [-0.2, -0.15) is 5.10 Å². The Morgan fingerprint density at radius 2 is 1.79 bits per heavy atom. The van der Waals surface area contributed by atoms with E-state index in [9.17, 15) is 24.6 Å². The molecule has 0 aliphatic carbocycles. The molecule has 5 aromatic rings. The number of amides is 1. The Labute approximate surface area is 324 Å². The molecule has 3 fully saturated rings. The van der Waals surface area contributed by atoms with Crippen molar-refractivity contribution < 1.29 is 34.0 Å². The number of piperidine rings is 3.